The molecule has 0 fully saturated rings. The van der Waals surface area contributed by atoms with E-state index in [1.807, 2.05) is 11.3 Å². The van der Waals surface area contributed by atoms with Gasteiger partial charge in [0, 0.05) is 16.8 Å². The maximum Gasteiger partial charge on any atom is 0.101 e. The second-order valence-electron chi connectivity index (χ2n) is 5.82. The molecule has 0 bridgehead atoms. The van der Waals surface area contributed by atoms with E-state index >= 15 is 0 Å². The third-order valence-corrected chi connectivity index (χ3v) is 5.90. The third kappa shape index (κ3) is 1.92. The average Bonchev–Trinajstić information content (AvgIpc) is 2.85. The number of nitrogens with one attached hydrogen (secondary N) is 1. The van der Waals surface area contributed by atoms with Crippen LogP contribution in [0, 0.1) is 0 Å². The van der Waals surface area contributed by atoms with Gasteiger partial charge >= 0.3 is 0 Å². The van der Waals surface area contributed by atoms with Crippen molar-refractivity contribution >= 4 is 11.3 Å². The lowest BCUT2D eigenvalue weighted by Gasteiger charge is -2.28. The Morgan fingerprint density at radius 1 is 1.35 bits per heavy atom. The summed E-state index contributed by atoms with van der Waals surface area (Å²) in [5.74, 6) is 0.559. The van der Waals surface area contributed by atoms with Crippen LogP contribution in [0.25, 0.3) is 0 Å². The van der Waals surface area contributed by atoms with E-state index in [9.17, 15) is 0 Å². The molecule has 3 heteroatoms. The van der Waals surface area contributed by atoms with Crippen LogP contribution < -0.4 is 5.32 Å². The molecule has 1 heterocycles. The summed E-state index contributed by atoms with van der Waals surface area (Å²) in [5.41, 5.74) is 4.37. The summed E-state index contributed by atoms with van der Waals surface area (Å²) in [6.07, 6.45) is 4.88. The number of benzene rings is 1. The summed E-state index contributed by atoms with van der Waals surface area (Å²) >= 11 is 1.96. The quantitative estimate of drug-likeness (QED) is 0.927. The lowest BCUT2D eigenvalue weighted by atomic mass is 9.78. The van der Waals surface area contributed by atoms with Gasteiger partial charge in [0.05, 0.1) is 5.69 Å². The topological polar surface area (TPSA) is 24.9 Å². The van der Waals surface area contributed by atoms with Gasteiger partial charge in [-0.3, -0.25) is 0 Å². The van der Waals surface area contributed by atoms with Gasteiger partial charge in [0.2, 0.25) is 0 Å². The van der Waals surface area contributed by atoms with E-state index in [2.05, 4.69) is 36.5 Å². The minimum Gasteiger partial charge on any atom is -0.309 e. The Labute approximate surface area is 124 Å². The van der Waals surface area contributed by atoms with E-state index < -0.39 is 0 Å². The first-order chi connectivity index (χ1) is 9.86. The van der Waals surface area contributed by atoms with Gasteiger partial charge in [-0.15, -0.1) is 11.3 Å². The number of rotatable bonds is 3. The highest BCUT2D eigenvalue weighted by Gasteiger charge is 2.32. The largest absolute Gasteiger partial charge is 0.309 e. The van der Waals surface area contributed by atoms with Crippen LogP contribution in [0.5, 0.6) is 0 Å². The smallest absolute Gasteiger partial charge is 0.101 e. The molecule has 2 aliphatic carbocycles. The Balaban J connectivity index is 1.66. The summed E-state index contributed by atoms with van der Waals surface area (Å²) in [7, 11) is 0. The lowest BCUT2D eigenvalue weighted by Crippen LogP contribution is -2.23. The van der Waals surface area contributed by atoms with E-state index in [0.717, 1.165) is 6.54 Å². The molecule has 2 atom stereocenters. The Morgan fingerprint density at radius 2 is 2.25 bits per heavy atom. The Kier molecular flexibility index (Phi) is 3.12. The zero-order valence-corrected chi connectivity index (χ0v) is 12.7. The fourth-order valence-corrected chi connectivity index (χ4v) is 4.85. The van der Waals surface area contributed by atoms with Gasteiger partial charge in [-0.1, -0.05) is 31.2 Å². The fourth-order valence-electron chi connectivity index (χ4n) is 3.51. The number of thiazole rings is 1. The highest BCUT2D eigenvalue weighted by atomic mass is 32.1. The van der Waals surface area contributed by atoms with Gasteiger partial charge in [0.25, 0.3) is 0 Å². The van der Waals surface area contributed by atoms with Crippen LogP contribution in [-0.4, -0.2) is 11.5 Å². The Hall–Kier alpha value is -1.19. The van der Waals surface area contributed by atoms with Crippen LogP contribution in [0.3, 0.4) is 0 Å². The minimum atomic E-state index is 0.547. The van der Waals surface area contributed by atoms with Crippen LogP contribution in [-0.2, 0) is 12.8 Å². The van der Waals surface area contributed by atoms with Crippen molar-refractivity contribution in [1.29, 1.82) is 0 Å². The number of hydrogen-bond donors (Lipinski definition) is 1. The second-order valence-corrected chi connectivity index (χ2v) is 6.88. The zero-order chi connectivity index (χ0) is 13.5. The van der Waals surface area contributed by atoms with Crippen LogP contribution in [0.2, 0.25) is 0 Å². The van der Waals surface area contributed by atoms with Crippen LogP contribution in [0.1, 0.15) is 58.4 Å². The van der Waals surface area contributed by atoms with Gasteiger partial charge < -0.3 is 5.32 Å². The molecule has 0 radical (unpaired) electrons. The third-order valence-electron chi connectivity index (χ3n) is 4.57. The molecule has 2 aliphatic rings. The van der Waals surface area contributed by atoms with Crippen LogP contribution in [0.15, 0.2) is 24.3 Å². The van der Waals surface area contributed by atoms with Crippen molar-refractivity contribution in [1.82, 2.24) is 10.3 Å². The van der Waals surface area contributed by atoms with Crippen molar-refractivity contribution in [2.75, 3.05) is 6.54 Å². The fraction of sp³-hybridized carbons (Fsp3) is 0.471. The summed E-state index contributed by atoms with van der Waals surface area (Å²) in [6.45, 7) is 3.24. The predicted octanol–water partition coefficient (Wildman–Crippen LogP) is 3.82. The summed E-state index contributed by atoms with van der Waals surface area (Å²) < 4.78 is 0. The van der Waals surface area contributed by atoms with Gasteiger partial charge in [-0.05, 0) is 43.4 Å². The molecule has 1 N–H and O–H groups in total. The zero-order valence-electron chi connectivity index (χ0n) is 11.9. The first kappa shape index (κ1) is 12.5. The van der Waals surface area contributed by atoms with Gasteiger partial charge in [-0.2, -0.15) is 0 Å². The predicted molar refractivity (Wildman–Crippen MR) is 83.5 cm³/mol. The molecule has 2 nitrogen and oxygen atoms in total. The number of aromatic nitrogens is 1. The molecular formula is C17H20N2S. The van der Waals surface area contributed by atoms with E-state index in [1.54, 1.807) is 0 Å². The molecule has 1 aromatic heterocycles. The molecule has 2 aromatic rings. The molecular weight excluding hydrogens is 264 g/mol. The van der Waals surface area contributed by atoms with Crippen LogP contribution >= 0.6 is 11.3 Å². The SMILES string of the molecule is CCNC1CCCc2nc(C3Cc4ccccc43)sc21. The molecule has 0 saturated carbocycles. The van der Waals surface area contributed by atoms with Gasteiger partial charge in [0.15, 0.2) is 0 Å². The first-order valence-corrected chi connectivity index (χ1v) is 8.49. The molecule has 20 heavy (non-hydrogen) atoms. The lowest BCUT2D eigenvalue weighted by molar-refractivity contribution is 0.476. The van der Waals surface area contributed by atoms with E-state index in [0.29, 0.717) is 12.0 Å². The van der Waals surface area contributed by atoms with E-state index in [4.69, 9.17) is 4.98 Å². The van der Waals surface area contributed by atoms with Crippen molar-refractivity contribution < 1.29 is 0 Å². The molecule has 1 aromatic carbocycles. The normalized spacial score (nSPS) is 23.9. The highest BCUT2D eigenvalue weighted by Crippen LogP contribution is 2.44. The second kappa shape index (κ2) is 4.97. The van der Waals surface area contributed by atoms with Gasteiger partial charge in [0.1, 0.15) is 5.01 Å². The summed E-state index contributed by atoms with van der Waals surface area (Å²) in [4.78, 5) is 6.49. The van der Waals surface area contributed by atoms with E-state index in [-0.39, 0.29) is 0 Å². The standard InChI is InChI=1S/C17H20N2S/c1-2-18-14-8-5-9-15-16(14)20-17(19-15)13-10-11-6-3-4-7-12(11)13/h3-4,6-7,13-14,18H,2,5,8-10H2,1H3. The van der Waals surface area contributed by atoms with Gasteiger partial charge in [-0.25, -0.2) is 4.98 Å². The summed E-state index contributed by atoms with van der Waals surface area (Å²) in [6, 6.07) is 9.36. The molecule has 4 rings (SSSR count). The molecule has 104 valence electrons. The monoisotopic (exact) mass is 284 g/mol. The van der Waals surface area contributed by atoms with Crippen molar-refractivity contribution in [3.8, 4) is 0 Å². The van der Waals surface area contributed by atoms with Crippen molar-refractivity contribution in [3.63, 3.8) is 0 Å². The van der Waals surface area contributed by atoms with E-state index in [1.165, 1.54) is 52.4 Å². The number of nitrogens with zero attached hydrogens (tertiary/aromatic N) is 1. The number of fused-ring (bicyclic) bond motifs is 2. The minimum absolute atomic E-state index is 0.547. The maximum absolute atomic E-state index is 4.98. The Bertz CT molecular complexity index is 632. The molecule has 0 spiro atoms. The molecule has 0 amide bonds. The maximum atomic E-state index is 4.98. The average molecular weight is 284 g/mol. The van der Waals surface area contributed by atoms with Crippen molar-refractivity contribution in [2.24, 2.45) is 0 Å². The summed E-state index contributed by atoms with van der Waals surface area (Å²) in [5, 5.41) is 4.96. The first-order valence-electron chi connectivity index (χ1n) is 7.67. The molecule has 0 saturated heterocycles. The highest BCUT2D eigenvalue weighted by molar-refractivity contribution is 7.12. The number of aryl methyl sites for hydroxylation is 1. The van der Waals surface area contributed by atoms with Crippen LogP contribution in [0.4, 0.5) is 0 Å². The molecule has 2 unspecified atom stereocenters. The van der Waals surface area contributed by atoms with Crippen molar-refractivity contribution in [2.45, 2.75) is 44.6 Å². The number of hydrogen-bond acceptors (Lipinski definition) is 3. The Morgan fingerprint density at radius 3 is 3.10 bits per heavy atom. The molecule has 0 aliphatic heterocycles. The van der Waals surface area contributed by atoms with Crippen molar-refractivity contribution in [3.05, 3.63) is 51.0 Å².